The number of carbonyl (C=O) groups is 1. The van der Waals surface area contributed by atoms with Crippen LogP contribution in [-0.2, 0) is 23.1 Å². The van der Waals surface area contributed by atoms with E-state index in [4.69, 9.17) is 4.74 Å². The number of phenols is 3. The zero-order chi connectivity index (χ0) is 30.8. The first-order valence-electron chi connectivity index (χ1n) is 15.9. The number of phenolic OH excluding ortho intramolecular Hbond substituents is 3. The summed E-state index contributed by atoms with van der Waals surface area (Å²) in [5, 5.41) is 43.1. The summed E-state index contributed by atoms with van der Waals surface area (Å²) >= 11 is 0. The monoisotopic (exact) mass is 594 g/mol. The number of carbonyl (C=O) groups excluding carboxylic acids is 1. The molecule has 6 atom stereocenters. The van der Waals surface area contributed by atoms with Crippen molar-refractivity contribution in [2.45, 2.75) is 81.6 Å². The zero-order valence-electron chi connectivity index (χ0n) is 25.3. The number of ether oxygens (including phenoxy) is 1. The number of benzene rings is 3. The van der Waals surface area contributed by atoms with E-state index in [2.05, 4.69) is 24.0 Å². The molecule has 0 bridgehead atoms. The Morgan fingerprint density at radius 1 is 0.932 bits per heavy atom. The Labute approximate surface area is 259 Å². The van der Waals surface area contributed by atoms with E-state index in [1.807, 2.05) is 24.3 Å². The summed E-state index contributed by atoms with van der Waals surface area (Å²) in [6, 6.07) is 18.8. The average Bonchev–Trinajstić information content (AvgIpc) is 3.02. The van der Waals surface area contributed by atoms with Crippen LogP contribution in [0.1, 0.15) is 79.5 Å². The largest absolute Gasteiger partial charge is 0.504 e. The van der Waals surface area contributed by atoms with Gasteiger partial charge in [-0.1, -0.05) is 55.2 Å². The van der Waals surface area contributed by atoms with Crippen molar-refractivity contribution >= 4 is 5.78 Å². The lowest BCUT2D eigenvalue weighted by Gasteiger charge is -2.54. The van der Waals surface area contributed by atoms with E-state index in [9.17, 15) is 25.2 Å². The highest BCUT2D eigenvalue weighted by Crippen LogP contribution is 2.57. The third-order valence-electron chi connectivity index (χ3n) is 10.6. The van der Waals surface area contributed by atoms with Crippen molar-refractivity contribution in [3.63, 3.8) is 0 Å². The molecule has 3 aromatic carbocycles. The molecule has 0 amide bonds. The van der Waals surface area contributed by atoms with Gasteiger partial charge >= 0.3 is 0 Å². The minimum atomic E-state index is -0.889. The summed E-state index contributed by atoms with van der Waals surface area (Å²) in [7, 11) is 1.51. The maximum absolute atomic E-state index is 13.9. The Kier molecular flexibility index (Phi) is 8.60. The van der Waals surface area contributed by atoms with Crippen LogP contribution < -0.4 is 4.74 Å². The van der Waals surface area contributed by atoms with Crippen LogP contribution in [0.15, 0.2) is 60.7 Å². The van der Waals surface area contributed by atoms with Crippen molar-refractivity contribution in [1.82, 2.24) is 0 Å². The number of ketones is 1. The molecule has 6 unspecified atom stereocenters. The van der Waals surface area contributed by atoms with Crippen molar-refractivity contribution < 1.29 is 30.0 Å². The van der Waals surface area contributed by atoms with Gasteiger partial charge in [-0.25, -0.2) is 0 Å². The molecule has 0 spiro atoms. The predicted octanol–water partition coefficient (Wildman–Crippen LogP) is 6.56. The van der Waals surface area contributed by atoms with Crippen LogP contribution in [-0.4, -0.2) is 39.4 Å². The molecule has 6 rings (SSSR count). The highest BCUT2D eigenvalue weighted by molar-refractivity contribution is 5.80. The molecular formula is C38H42O6. The minimum Gasteiger partial charge on any atom is -0.504 e. The Balaban J connectivity index is 1.44. The van der Waals surface area contributed by atoms with Crippen LogP contribution in [0.2, 0.25) is 0 Å². The van der Waals surface area contributed by atoms with Gasteiger partial charge < -0.3 is 25.2 Å². The third kappa shape index (κ3) is 5.66. The highest BCUT2D eigenvalue weighted by atomic mass is 16.5. The highest BCUT2D eigenvalue weighted by Gasteiger charge is 2.53. The van der Waals surface area contributed by atoms with Gasteiger partial charge in [-0.3, -0.25) is 4.79 Å². The van der Waals surface area contributed by atoms with Crippen molar-refractivity contribution in [3.8, 4) is 34.8 Å². The minimum absolute atomic E-state index is 0.0188. The molecular weight excluding hydrogens is 552 g/mol. The number of hydrogen-bond donors (Lipinski definition) is 4. The smallest absolute Gasteiger partial charge is 0.160 e. The second kappa shape index (κ2) is 12.6. The third-order valence-corrected chi connectivity index (χ3v) is 10.6. The maximum atomic E-state index is 13.9. The molecule has 230 valence electrons. The Morgan fingerprint density at radius 2 is 1.73 bits per heavy atom. The molecule has 3 aliphatic rings. The van der Waals surface area contributed by atoms with E-state index in [-0.39, 0.29) is 53.6 Å². The summed E-state index contributed by atoms with van der Waals surface area (Å²) in [4.78, 5) is 13.9. The Morgan fingerprint density at radius 3 is 2.52 bits per heavy atom. The van der Waals surface area contributed by atoms with Crippen molar-refractivity contribution in [1.29, 1.82) is 0 Å². The lowest BCUT2D eigenvalue weighted by Crippen LogP contribution is -2.51. The van der Waals surface area contributed by atoms with Gasteiger partial charge in [-0.2, -0.15) is 0 Å². The van der Waals surface area contributed by atoms with Gasteiger partial charge in [0.05, 0.1) is 13.2 Å². The Bertz CT molecular complexity index is 1570. The topological polar surface area (TPSA) is 107 Å². The van der Waals surface area contributed by atoms with Crippen LogP contribution >= 0.6 is 0 Å². The van der Waals surface area contributed by atoms with E-state index in [0.717, 1.165) is 60.8 Å². The molecule has 0 aromatic heterocycles. The second-order valence-electron chi connectivity index (χ2n) is 13.0. The summed E-state index contributed by atoms with van der Waals surface area (Å²) in [5.74, 6) is 6.84. The molecule has 3 aliphatic carbocycles. The zero-order valence-corrected chi connectivity index (χ0v) is 25.3. The number of hydrogen-bond acceptors (Lipinski definition) is 6. The first-order valence-corrected chi connectivity index (χ1v) is 15.9. The molecule has 3 aromatic rings. The number of aliphatic hydroxyl groups excluding tert-OH is 1. The van der Waals surface area contributed by atoms with Gasteiger partial charge in [0.1, 0.15) is 5.78 Å². The first kappa shape index (κ1) is 30.1. The van der Waals surface area contributed by atoms with Gasteiger partial charge in [0.15, 0.2) is 23.0 Å². The SMILES string of the molecule is COc1cc(C2CC(=O)CC(O)C(C34CCCCC3CCc3cc(O)c(O)cc34)CC#CC2Cc2ccccc2)ccc1O. The number of aliphatic hydroxyl groups is 1. The quantitative estimate of drug-likeness (QED) is 0.197. The molecule has 1 fully saturated rings. The van der Waals surface area contributed by atoms with Gasteiger partial charge in [0.2, 0.25) is 0 Å². The number of aryl methyl sites for hydroxylation is 1. The van der Waals surface area contributed by atoms with Crippen LogP contribution in [0.25, 0.3) is 0 Å². The fourth-order valence-electron chi connectivity index (χ4n) is 8.55. The Hall–Kier alpha value is -3.95. The summed E-state index contributed by atoms with van der Waals surface area (Å²) in [6.07, 6.45) is 6.23. The predicted molar refractivity (Wildman–Crippen MR) is 169 cm³/mol. The summed E-state index contributed by atoms with van der Waals surface area (Å²) < 4.78 is 5.41. The lowest BCUT2D eigenvalue weighted by atomic mass is 9.50. The molecule has 6 nitrogen and oxygen atoms in total. The maximum Gasteiger partial charge on any atom is 0.160 e. The number of rotatable bonds is 5. The van der Waals surface area contributed by atoms with Crippen molar-refractivity contribution in [2.24, 2.45) is 17.8 Å². The van der Waals surface area contributed by atoms with Gasteiger partial charge in [0.25, 0.3) is 0 Å². The number of aromatic hydroxyl groups is 3. The molecule has 6 heteroatoms. The summed E-state index contributed by atoms with van der Waals surface area (Å²) in [5.41, 5.74) is 3.60. The van der Waals surface area contributed by atoms with Gasteiger partial charge in [0, 0.05) is 42.4 Å². The normalized spacial score (nSPS) is 28.6. The second-order valence-corrected chi connectivity index (χ2v) is 13.0. The molecule has 0 radical (unpaired) electrons. The van der Waals surface area contributed by atoms with E-state index >= 15 is 0 Å². The van der Waals surface area contributed by atoms with Gasteiger partial charge in [-0.15, -0.1) is 5.92 Å². The number of Topliss-reactive ketones (excluding diaryl/α,β-unsaturated/α-hetero) is 1. The number of methoxy groups -OCH3 is 1. The molecule has 0 heterocycles. The molecule has 4 N–H and O–H groups in total. The van der Waals surface area contributed by atoms with Crippen molar-refractivity contribution in [3.05, 3.63) is 82.9 Å². The van der Waals surface area contributed by atoms with Crippen LogP contribution in [0.5, 0.6) is 23.0 Å². The van der Waals surface area contributed by atoms with E-state index in [1.165, 1.54) is 7.11 Å². The number of fused-ring (bicyclic) bond motifs is 3. The van der Waals surface area contributed by atoms with E-state index in [0.29, 0.717) is 24.5 Å². The lowest BCUT2D eigenvalue weighted by molar-refractivity contribution is -0.123. The molecule has 1 saturated carbocycles. The summed E-state index contributed by atoms with van der Waals surface area (Å²) in [6.45, 7) is 0. The standard InChI is InChI=1S/C38H42O6/c1-44-37-20-26(14-16-33(37)40)30-21-29(39)22-34(41)31(12-7-10-25(30)18-24-8-3-2-4-9-24)38-17-6-5-11-28(38)15-13-27-19-35(42)36(43)23-32(27)38/h2-4,8-9,14,16,19-20,23,25,28,30-31,34,40-43H,5-6,11-13,15,17-18,21-22H2,1H3. The van der Waals surface area contributed by atoms with Crippen LogP contribution in [0, 0.1) is 29.6 Å². The molecule has 44 heavy (non-hydrogen) atoms. The average molecular weight is 595 g/mol. The van der Waals surface area contributed by atoms with Gasteiger partial charge in [-0.05, 0) is 84.5 Å². The van der Waals surface area contributed by atoms with E-state index in [1.54, 1.807) is 24.3 Å². The van der Waals surface area contributed by atoms with Crippen molar-refractivity contribution in [2.75, 3.05) is 7.11 Å². The fourth-order valence-corrected chi connectivity index (χ4v) is 8.55. The van der Waals surface area contributed by atoms with Crippen LogP contribution in [0.4, 0.5) is 0 Å². The molecule has 0 aliphatic heterocycles. The van der Waals surface area contributed by atoms with E-state index < -0.39 is 11.5 Å². The first-order chi connectivity index (χ1) is 21.3. The molecule has 0 saturated heterocycles. The fraction of sp³-hybridized carbons (Fsp3) is 0.447. The van der Waals surface area contributed by atoms with Crippen LogP contribution in [0.3, 0.4) is 0 Å².